The van der Waals surface area contributed by atoms with Gasteiger partial charge in [-0.1, -0.05) is 25.8 Å². The number of aryl methyl sites for hydroxylation is 1. The second-order valence-electron chi connectivity index (χ2n) is 3.89. The van der Waals surface area contributed by atoms with Crippen molar-refractivity contribution in [2.24, 2.45) is 0 Å². The Balaban J connectivity index is 2.02. The van der Waals surface area contributed by atoms with Crippen molar-refractivity contribution in [3.05, 3.63) is 36.7 Å². The lowest BCUT2D eigenvalue weighted by molar-refractivity contribution is 0.554. The lowest BCUT2D eigenvalue weighted by Gasteiger charge is -1.99. The van der Waals surface area contributed by atoms with E-state index in [1.165, 1.54) is 19.3 Å². The van der Waals surface area contributed by atoms with Crippen molar-refractivity contribution in [1.82, 2.24) is 14.8 Å². The third kappa shape index (κ3) is 2.69. The average Bonchev–Trinajstić information content (AvgIpc) is 2.79. The highest BCUT2D eigenvalue weighted by atomic mass is 15.3. The van der Waals surface area contributed by atoms with E-state index in [9.17, 15) is 0 Å². The molecular formula is C13H17N3. The van der Waals surface area contributed by atoms with Gasteiger partial charge in [0.1, 0.15) is 5.69 Å². The molecule has 2 rings (SSSR count). The highest BCUT2D eigenvalue weighted by molar-refractivity contribution is 5.52. The van der Waals surface area contributed by atoms with Crippen molar-refractivity contribution in [2.75, 3.05) is 0 Å². The second-order valence-corrected chi connectivity index (χ2v) is 3.89. The number of hydrogen-bond acceptors (Lipinski definition) is 2. The van der Waals surface area contributed by atoms with Crippen LogP contribution in [-0.4, -0.2) is 14.8 Å². The van der Waals surface area contributed by atoms with Crippen LogP contribution in [0.1, 0.15) is 26.2 Å². The molecule has 16 heavy (non-hydrogen) atoms. The van der Waals surface area contributed by atoms with Gasteiger partial charge in [0, 0.05) is 18.9 Å². The third-order valence-electron chi connectivity index (χ3n) is 2.56. The molecule has 0 unspecified atom stereocenters. The van der Waals surface area contributed by atoms with Crippen LogP contribution in [0, 0.1) is 0 Å². The first-order chi connectivity index (χ1) is 7.90. The number of pyridine rings is 1. The van der Waals surface area contributed by atoms with E-state index in [0.717, 1.165) is 17.9 Å². The second kappa shape index (κ2) is 5.45. The Morgan fingerprint density at radius 3 is 2.81 bits per heavy atom. The number of hydrogen-bond donors (Lipinski definition) is 0. The van der Waals surface area contributed by atoms with Crippen molar-refractivity contribution < 1.29 is 0 Å². The molecular weight excluding hydrogens is 198 g/mol. The van der Waals surface area contributed by atoms with E-state index in [1.54, 1.807) is 6.20 Å². The third-order valence-corrected chi connectivity index (χ3v) is 2.56. The fraction of sp³-hybridized carbons (Fsp3) is 0.385. The number of nitrogens with zero attached hydrogens (tertiary/aromatic N) is 3. The maximum Gasteiger partial charge on any atom is 0.111 e. The number of unbranched alkanes of at least 4 members (excludes halogenated alkanes) is 2. The molecule has 0 aliphatic rings. The summed E-state index contributed by atoms with van der Waals surface area (Å²) in [6, 6.07) is 7.91. The summed E-state index contributed by atoms with van der Waals surface area (Å²) in [5.41, 5.74) is 1.90. The molecule has 2 aromatic rings. The molecule has 3 nitrogen and oxygen atoms in total. The van der Waals surface area contributed by atoms with Crippen molar-refractivity contribution >= 4 is 0 Å². The van der Waals surface area contributed by atoms with Gasteiger partial charge in [-0.3, -0.25) is 9.67 Å². The summed E-state index contributed by atoms with van der Waals surface area (Å²) in [6.45, 7) is 3.21. The molecule has 84 valence electrons. The summed E-state index contributed by atoms with van der Waals surface area (Å²) >= 11 is 0. The first kappa shape index (κ1) is 10.9. The molecule has 0 bridgehead atoms. The Morgan fingerprint density at radius 2 is 2.06 bits per heavy atom. The van der Waals surface area contributed by atoms with Gasteiger partial charge in [0.15, 0.2) is 0 Å². The van der Waals surface area contributed by atoms with Gasteiger partial charge in [0.25, 0.3) is 0 Å². The number of rotatable bonds is 5. The summed E-state index contributed by atoms with van der Waals surface area (Å²) in [5, 5.41) is 4.51. The lowest BCUT2D eigenvalue weighted by Crippen LogP contribution is -1.98. The van der Waals surface area contributed by atoms with Crippen LogP contribution in [0.5, 0.6) is 0 Å². The van der Waals surface area contributed by atoms with Gasteiger partial charge in [-0.25, -0.2) is 0 Å². The van der Waals surface area contributed by atoms with Crippen LogP contribution in [0.25, 0.3) is 11.4 Å². The molecule has 0 saturated carbocycles. The van der Waals surface area contributed by atoms with E-state index in [4.69, 9.17) is 0 Å². The average molecular weight is 215 g/mol. The monoisotopic (exact) mass is 215 g/mol. The summed E-state index contributed by atoms with van der Waals surface area (Å²) in [5.74, 6) is 0. The lowest BCUT2D eigenvalue weighted by atomic mass is 10.2. The van der Waals surface area contributed by atoms with Gasteiger partial charge in [-0.15, -0.1) is 0 Å². The summed E-state index contributed by atoms with van der Waals surface area (Å²) in [4.78, 5) is 4.28. The van der Waals surface area contributed by atoms with Gasteiger partial charge < -0.3 is 0 Å². The van der Waals surface area contributed by atoms with Crippen molar-refractivity contribution in [3.63, 3.8) is 0 Å². The minimum atomic E-state index is 0.941. The van der Waals surface area contributed by atoms with Crippen LogP contribution >= 0.6 is 0 Å². The topological polar surface area (TPSA) is 30.7 Å². The van der Waals surface area contributed by atoms with Gasteiger partial charge in [-0.05, 0) is 24.6 Å². The normalized spacial score (nSPS) is 10.6. The molecule has 0 N–H and O–H groups in total. The van der Waals surface area contributed by atoms with Crippen LogP contribution < -0.4 is 0 Å². The van der Waals surface area contributed by atoms with E-state index in [2.05, 4.69) is 17.0 Å². The fourth-order valence-electron chi connectivity index (χ4n) is 1.66. The predicted molar refractivity (Wildman–Crippen MR) is 65.0 cm³/mol. The zero-order valence-corrected chi connectivity index (χ0v) is 9.63. The summed E-state index contributed by atoms with van der Waals surface area (Å²) in [7, 11) is 0. The Bertz CT molecular complexity index is 420. The van der Waals surface area contributed by atoms with Crippen molar-refractivity contribution in [1.29, 1.82) is 0 Å². The number of aromatic nitrogens is 3. The van der Waals surface area contributed by atoms with Crippen LogP contribution in [0.4, 0.5) is 0 Å². The first-order valence-electron chi connectivity index (χ1n) is 5.85. The van der Waals surface area contributed by atoms with E-state index >= 15 is 0 Å². The fourth-order valence-corrected chi connectivity index (χ4v) is 1.66. The largest absolute Gasteiger partial charge is 0.272 e. The smallest absolute Gasteiger partial charge is 0.111 e. The molecule has 0 aliphatic carbocycles. The Hall–Kier alpha value is -1.64. The van der Waals surface area contributed by atoms with Crippen molar-refractivity contribution in [2.45, 2.75) is 32.7 Å². The molecule has 0 aliphatic heterocycles. The quantitative estimate of drug-likeness (QED) is 0.717. The molecule has 0 saturated heterocycles. The molecule has 0 spiro atoms. The van der Waals surface area contributed by atoms with E-state index in [-0.39, 0.29) is 0 Å². The predicted octanol–water partition coefficient (Wildman–Crippen LogP) is 3.14. The molecule has 0 aromatic carbocycles. The maximum atomic E-state index is 4.51. The van der Waals surface area contributed by atoms with Crippen molar-refractivity contribution in [3.8, 4) is 11.4 Å². The first-order valence-corrected chi connectivity index (χ1v) is 5.85. The molecule has 0 radical (unpaired) electrons. The standard InChI is InChI=1S/C13H17N3/c1-2-3-6-10-16-11-8-13(15-16)12-7-4-5-9-14-12/h4-5,7-9,11H,2-3,6,10H2,1H3. The highest BCUT2D eigenvalue weighted by Gasteiger charge is 2.02. The molecule has 3 heteroatoms. The van der Waals surface area contributed by atoms with Crippen LogP contribution in [-0.2, 0) is 6.54 Å². The molecule has 2 heterocycles. The van der Waals surface area contributed by atoms with E-state index in [1.807, 2.05) is 35.1 Å². The van der Waals surface area contributed by atoms with E-state index < -0.39 is 0 Å². The zero-order chi connectivity index (χ0) is 11.2. The van der Waals surface area contributed by atoms with Gasteiger partial charge >= 0.3 is 0 Å². The summed E-state index contributed by atoms with van der Waals surface area (Å²) < 4.78 is 2.00. The van der Waals surface area contributed by atoms with Crippen LogP contribution in [0.3, 0.4) is 0 Å². The van der Waals surface area contributed by atoms with Crippen LogP contribution in [0.15, 0.2) is 36.7 Å². The minimum Gasteiger partial charge on any atom is -0.272 e. The van der Waals surface area contributed by atoms with E-state index in [0.29, 0.717) is 0 Å². The Kier molecular flexibility index (Phi) is 3.70. The zero-order valence-electron chi connectivity index (χ0n) is 9.63. The van der Waals surface area contributed by atoms with Crippen LogP contribution in [0.2, 0.25) is 0 Å². The molecule has 2 aromatic heterocycles. The minimum absolute atomic E-state index is 0.941. The van der Waals surface area contributed by atoms with Gasteiger partial charge in [0.2, 0.25) is 0 Å². The van der Waals surface area contributed by atoms with Gasteiger partial charge in [0.05, 0.1) is 5.69 Å². The Labute approximate surface area is 96.1 Å². The Morgan fingerprint density at radius 1 is 1.12 bits per heavy atom. The molecule has 0 atom stereocenters. The summed E-state index contributed by atoms with van der Waals surface area (Å²) in [6.07, 6.45) is 7.53. The molecule has 0 amide bonds. The maximum absolute atomic E-state index is 4.51. The van der Waals surface area contributed by atoms with Gasteiger partial charge in [-0.2, -0.15) is 5.10 Å². The SMILES string of the molecule is CCCCCn1ccc(-c2ccccn2)n1. The highest BCUT2D eigenvalue weighted by Crippen LogP contribution is 2.13. The molecule has 0 fully saturated rings.